The molecule has 2 fully saturated rings. The first-order valence-corrected chi connectivity index (χ1v) is 7.16. The van der Waals surface area contributed by atoms with Crippen LogP contribution in [0.2, 0.25) is 0 Å². The molecule has 0 amide bonds. The molecule has 0 N–H and O–H groups in total. The van der Waals surface area contributed by atoms with Gasteiger partial charge in [-0.25, -0.2) is 0 Å². The fourth-order valence-electron chi connectivity index (χ4n) is 4.86. The Balaban J connectivity index is 1.79. The normalized spacial score (nSPS) is 52.6. The number of rotatable bonds is 0. The van der Waals surface area contributed by atoms with Crippen molar-refractivity contribution in [2.24, 2.45) is 17.3 Å². The van der Waals surface area contributed by atoms with Gasteiger partial charge < -0.3 is 9.47 Å². The van der Waals surface area contributed by atoms with Crippen molar-refractivity contribution in [3.05, 3.63) is 11.1 Å². The van der Waals surface area contributed by atoms with Crippen LogP contribution in [0.1, 0.15) is 39.5 Å². The van der Waals surface area contributed by atoms with Crippen LogP contribution >= 0.6 is 0 Å². The van der Waals surface area contributed by atoms with Crippen molar-refractivity contribution in [2.75, 3.05) is 13.2 Å². The van der Waals surface area contributed by atoms with Crippen LogP contribution in [-0.4, -0.2) is 25.4 Å². The van der Waals surface area contributed by atoms with E-state index in [2.05, 4.69) is 13.8 Å². The van der Waals surface area contributed by atoms with Crippen LogP contribution in [0.4, 0.5) is 0 Å². The summed E-state index contributed by atoms with van der Waals surface area (Å²) >= 11 is 0. The first kappa shape index (κ1) is 10.6. The summed E-state index contributed by atoms with van der Waals surface area (Å²) in [6.45, 7) is 6.60. The average Bonchev–Trinajstić information content (AvgIpc) is 2.88. The Hall–Kier alpha value is -0.340. The van der Waals surface area contributed by atoms with Crippen molar-refractivity contribution in [2.45, 2.75) is 51.7 Å². The molecule has 0 unspecified atom stereocenters. The van der Waals surface area contributed by atoms with E-state index in [4.69, 9.17) is 9.47 Å². The van der Waals surface area contributed by atoms with E-state index in [1.807, 2.05) is 0 Å². The van der Waals surface area contributed by atoms with E-state index >= 15 is 0 Å². The van der Waals surface area contributed by atoms with E-state index in [-0.39, 0.29) is 0 Å². The first-order valence-electron chi connectivity index (χ1n) is 7.16. The zero-order chi connectivity index (χ0) is 11.6. The molecule has 94 valence electrons. The zero-order valence-electron chi connectivity index (χ0n) is 10.9. The summed E-state index contributed by atoms with van der Waals surface area (Å²) in [6, 6.07) is 0. The highest BCUT2D eigenvalue weighted by Gasteiger charge is 2.57. The lowest BCUT2D eigenvalue weighted by Gasteiger charge is -2.54. The third kappa shape index (κ3) is 1.18. The summed E-state index contributed by atoms with van der Waals surface area (Å²) < 4.78 is 12.1. The van der Waals surface area contributed by atoms with E-state index in [1.165, 1.54) is 31.3 Å². The minimum Gasteiger partial charge on any atom is -0.369 e. The average molecular weight is 234 g/mol. The van der Waals surface area contributed by atoms with E-state index in [0.717, 1.165) is 25.0 Å². The molecule has 0 spiro atoms. The van der Waals surface area contributed by atoms with Gasteiger partial charge >= 0.3 is 0 Å². The van der Waals surface area contributed by atoms with E-state index in [1.54, 1.807) is 5.57 Å². The molecular formula is C15H22O2. The highest BCUT2D eigenvalue weighted by Crippen LogP contribution is 2.59. The lowest BCUT2D eigenvalue weighted by Crippen LogP contribution is -2.53. The molecule has 2 aliphatic carbocycles. The van der Waals surface area contributed by atoms with Crippen LogP contribution < -0.4 is 0 Å². The second kappa shape index (κ2) is 3.36. The van der Waals surface area contributed by atoms with Crippen LogP contribution in [0.25, 0.3) is 0 Å². The molecule has 2 heterocycles. The van der Waals surface area contributed by atoms with Crippen molar-refractivity contribution in [1.82, 2.24) is 0 Å². The van der Waals surface area contributed by atoms with Gasteiger partial charge in [-0.3, -0.25) is 0 Å². The molecule has 4 aliphatic rings. The fraction of sp³-hybridized carbons (Fsp3) is 0.867. The monoisotopic (exact) mass is 234 g/mol. The van der Waals surface area contributed by atoms with Crippen molar-refractivity contribution < 1.29 is 9.47 Å². The Morgan fingerprint density at radius 3 is 2.88 bits per heavy atom. The van der Waals surface area contributed by atoms with Gasteiger partial charge in [-0.15, -0.1) is 0 Å². The molecule has 0 aromatic carbocycles. The van der Waals surface area contributed by atoms with Crippen LogP contribution in [0.5, 0.6) is 0 Å². The molecule has 0 saturated heterocycles. The highest BCUT2D eigenvalue weighted by atomic mass is 16.5. The lowest BCUT2D eigenvalue weighted by atomic mass is 9.53. The van der Waals surface area contributed by atoms with Gasteiger partial charge in [0.2, 0.25) is 0 Å². The summed E-state index contributed by atoms with van der Waals surface area (Å²) in [5.41, 5.74) is 3.40. The van der Waals surface area contributed by atoms with E-state index < -0.39 is 0 Å². The Labute approximate surface area is 103 Å². The van der Waals surface area contributed by atoms with E-state index in [9.17, 15) is 0 Å². The van der Waals surface area contributed by atoms with Crippen LogP contribution in [0.3, 0.4) is 0 Å². The van der Waals surface area contributed by atoms with Crippen molar-refractivity contribution >= 4 is 0 Å². The number of fused-ring (bicyclic) bond motifs is 2. The second-order valence-electron chi connectivity index (χ2n) is 6.68. The second-order valence-corrected chi connectivity index (χ2v) is 6.68. The Morgan fingerprint density at radius 2 is 2.00 bits per heavy atom. The number of hydrogen-bond donors (Lipinski definition) is 0. The molecule has 0 radical (unpaired) electrons. The summed E-state index contributed by atoms with van der Waals surface area (Å²) in [5, 5.41) is 0. The summed E-state index contributed by atoms with van der Waals surface area (Å²) in [6.07, 6.45) is 6.18. The Morgan fingerprint density at radius 1 is 1.18 bits per heavy atom. The molecule has 0 aromatic heterocycles. The minimum atomic E-state index is 0.374. The molecule has 2 aliphatic heterocycles. The predicted molar refractivity (Wildman–Crippen MR) is 65.7 cm³/mol. The van der Waals surface area contributed by atoms with Gasteiger partial charge in [0.25, 0.3) is 0 Å². The van der Waals surface area contributed by atoms with Gasteiger partial charge in [0, 0.05) is 5.41 Å². The molecule has 2 nitrogen and oxygen atoms in total. The molecular weight excluding hydrogens is 212 g/mol. The standard InChI is InChI=1S/C15H22O2/c1-9-4-3-5-11-6-12-13-10(7-16-12)8-17-14(13)15(9,11)2/h9,11-12,14H,3-8H2,1-2H3/t9-,11+,12+,14+,15+/m0/s1. The summed E-state index contributed by atoms with van der Waals surface area (Å²) in [7, 11) is 0. The van der Waals surface area contributed by atoms with Gasteiger partial charge in [0.05, 0.1) is 25.4 Å². The maximum atomic E-state index is 6.18. The predicted octanol–water partition coefficient (Wildman–Crippen LogP) is 2.93. The molecule has 0 bridgehead atoms. The van der Waals surface area contributed by atoms with Crippen molar-refractivity contribution in [1.29, 1.82) is 0 Å². The smallest absolute Gasteiger partial charge is 0.0877 e. The highest BCUT2D eigenvalue weighted by molar-refractivity contribution is 5.36. The van der Waals surface area contributed by atoms with Crippen molar-refractivity contribution in [3.8, 4) is 0 Å². The fourth-order valence-corrected chi connectivity index (χ4v) is 4.86. The SMILES string of the molecule is C[C@H]1CCC[C@@H]2C[C@H]3OCC4=C3[C@@H](OC4)[C@@]21C. The van der Waals surface area contributed by atoms with Crippen molar-refractivity contribution in [3.63, 3.8) is 0 Å². The topological polar surface area (TPSA) is 18.5 Å². The van der Waals surface area contributed by atoms with Gasteiger partial charge in [-0.2, -0.15) is 0 Å². The van der Waals surface area contributed by atoms with E-state index in [0.29, 0.717) is 17.6 Å². The Bertz CT molecular complexity index is 386. The summed E-state index contributed by atoms with van der Waals surface area (Å²) in [5.74, 6) is 1.60. The maximum Gasteiger partial charge on any atom is 0.0877 e. The van der Waals surface area contributed by atoms with Crippen LogP contribution in [-0.2, 0) is 9.47 Å². The third-order valence-corrected chi connectivity index (χ3v) is 6.12. The number of ether oxygens (including phenoxy) is 2. The largest absolute Gasteiger partial charge is 0.369 e. The molecule has 5 atom stereocenters. The molecule has 4 rings (SSSR count). The maximum absolute atomic E-state index is 6.18. The number of hydrogen-bond acceptors (Lipinski definition) is 2. The quantitative estimate of drug-likeness (QED) is 0.600. The Kier molecular flexibility index (Phi) is 2.09. The first-order chi connectivity index (χ1) is 8.21. The van der Waals surface area contributed by atoms with Crippen LogP contribution in [0, 0.1) is 17.3 Å². The summed E-state index contributed by atoms with van der Waals surface area (Å²) in [4.78, 5) is 0. The van der Waals surface area contributed by atoms with Gasteiger partial charge in [0.15, 0.2) is 0 Å². The molecule has 0 aromatic rings. The minimum absolute atomic E-state index is 0.374. The van der Waals surface area contributed by atoms with Gasteiger partial charge in [-0.05, 0) is 35.8 Å². The van der Waals surface area contributed by atoms with Gasteiger partial charge in [0.1, 0.15) is 0 Å². The molecule has 2 heteroatoms. The van der Waals surface area contributed by atoms with Gasteiger partial charge in [-0.1, -0.05) is 26.7 Å². The third-order valence-electron chi connectivity index (χ3n) is 6.12. The zero-order valence-corrected chi connectivity index (χ0v) is 10.9. The molecule has 17 heavy (non-hydrogen) atoms. The van der Waals surface area contributed by atoms with Crippen LogP contribution in [0.15, 0.2) is 11.1 Å². The molecule has 2 saturated carbocycles. The lowest BCUT2D eigenvalue weighted by molar-refractivity contribution is -0.119.